The zero-order chi connectivity index (χ0) is 24.9. The minimum atomic E-state index is -0.402. The molecular formula is C27H39N3O4. The highest BCUT2D eigenvalue weighted by Gasteiger charge is 2.15. The van der Waals surface area contributed by atoms with Crippen LogP contribution in [0.1, 0.15) is 53.4 Å². The van der Waals surface area contributed by atoms with Gasteiger partial charge < -0.3 is 10.1 Å². The van der Waals surface area contributed by atoms with Gasteiger partial charge in [0.2, 0.25) is 11.8 Å². The smallest absolute Gasteiger partial charge is 0.250 e. The van der Waals surface area contributed by atoms with E-state index in [2.05, 4.69) is 37.9 Å². The number of ether oxygens (including phenoxy) is 1. The van der Waals surface area contributed by atoms with E-state index in [0.717, 1.165) is 29.5 Å². The predicted octanol–water partition coefficient (Wildman–Crippen LogP) is 4.45. The molecule has 34 heavy (non-hydrogen) atoms. The largest absolute Gasteiger partial charge is 0.488 e. The van der Waals surface area contributed by atoms with Crippen LogP contribution in [0, 0.1) is 0 Å². The average Bonchev–Trinajstić information content (AvgIpc) is 2.82. The van der Waals surface area contributed by atoms with Crippen LogP contribution in [0.4, 0.5) is 0 Å². The van der Waals surface area contributed by atoms with E-state index < -0.39 is 5.91 Å². The van der Waals surface area contributed by atoms with E-state index in [1.807, 2.05) is 48.5 Å². The Labute approximate surface area is 203 Å². The van der Waals surface area contributed by atoms with Crippen molar-refractivity contribution in [1.29, 1.82) is 0 Å². The average molecular weight is 470 g/mol. The first-order valence-corrected chi connectivity index (χ1v) is 12.1. The van der Waals surface area contributed by atoms with Gasteiger partial charge >= 0.3 is 0 Å². The SMILES string of the molecule is CC(C)N(CCNC(=O)/C(=C/CCCCC(=O)NO)COc1cccc2ccccc12)C(C)C. The number of unbranched alkanes of at least 4 members (excludes halogenated alkanes) is 2. The minimum Gasteiger partial charge on any atom is -0.488 e. The topological polar surface area (TPSA) is 90.9 Å². The highest BCUT2D eigenvalue weighted by molar-refractivity contribution is 5.94. The maximum absolute atomic E-state index is 13.0. The number of hydrogen-bond donors (Lipinski definition) is 3. The van der Waals surface area contributed by atoms with Gasteiger partial charge in [0.25, 0.3) is 0 Å². The van der Waals surface area contributed by atoms with Gasteiger partial charge in [-0.1, -0.05) is 42.5 Å². The van der Waals surface area contributed by atoms with Crippen LogP contribution in [0.3, 0.4) is 0 Å². The van der Waals surface area contributed by atoms with Crippen LogP contribution in [0.15, 0.2) is 54.1 Å². The number of carbonyl (C=O) groups is 2. The van der Waals surface area contributed by atoms with Gasteiger partial charge in [0.05, 0.1) is 5.57 Å². The molecule has 0 aliphatic carbocycles. The van der Waals surface area contributed by atoms with Crippen LogP contribution in [0.2, 0.25) is 0 Å². The van der Waals surface area contributed by atoms with Crippen LogP contribution in [0.25, 0.3) is 10.8 Å². The summed E-state index contributed by atoms with van der Waals surface area (Å²) < 4.78 is 6.08. The standard InChI is InChI=1S/C27H39N3O4/c1-20(2)30(21(3)4)18-17-28-27(32)23(12-6-5-7-16-26(31)29-33)19-34-25-15-10-13-22-11-8-9-14-24(22)25/h8-15,20-21,33H,5-7,16-19H2,1-4H3,(H,28,32)(H,29,31)/b23-12+. The Hall–Kier alpha value is -2.90. The van der Waals surface area contributed by atoms with Crippen LogP contribution in [0.5, 0.6) is 5.75 Å². The molecule has 0 spiro atoms. The lowest BCUT2D eigenvalue weighted by atomic mass is 10.1. The van der Waals surface area contributed by atoms with Crippen LogP contribution >= 0.6 is 0 Å². The molecule has 0 bridgehead atoms. The number of rotatable bonds is 14. The zero-order valence-electron chi connectivity index (χ0n) is 20.8. The Morgan fingerprint density at radius 1 is 1.03 bits per heavy atom. The first-order chi connectivity index (χ1) is 16.3. The van der Waals surface area contributed by atoms with Crippen molar-refractivity contribution in [3.8, 4) is 5.75 Å². The summed E-state index contributed by atoms with van der Waals surface area (Å²) in [5, 5.41) is 13.7. The molecule has 0 aliphatic heterocycles. The molecule has 0 fully saturated rings. The molecule has 0 saturated carbocycles. The molecule has 0 radical (unpaired) electrons. The van der Waals surface area contributed by atoms with Crippen molar-refractivity contribution < 1.29 is 19.5 Å². The Kier molecular flexibility index (Phi) is 11.6. The number of amides is 2. The second-order valence-electron chi connectivity index (χ2n) is 8.96. The molecule has 2 rings (SSSR count). The van der Waals surface area contributed by atoms with E-state index in [4.69, 9.17) is 9.94 Å². The monoisotopic (exact) mass is 469 g/mol. The fourth-order valence-electron chi connectivity index (χ4n) is 3.98. The molecule has 0 saturated heterocycles. The van der Waals surface area contributed by atoms with E-state index in [1.54, 1.807) is 5.48 Å². The lowest BCUT2D eigenvalue weighted by molar-refractivity contribution is -0.129. The van der Waals surface area contributed by atoms with Crippen molar-refractivity contribution in [3.05, 3.63) is 54.1 Å². The number of carbonyl (C=O) groups excluding carboxylic acids is 2. The van der Waals surface area contributed by atoms with Crippen molar-refractivity contribution >= 4 is 22.6 Å². The molecule has 3 N–H and O–H groups in total. The molecule has 0 unspecified atom stereocenters. The maximum Gasteiger partial charge on any atom is 0.250 e. The van der Waals surface area contributed by atoms with E-state index in [9.17, 15) is 9.59 Å². The normalized spacial score (nSPS) is 11.9. The van der Waals surface area contributed by atoms with E-state index >= 15 is 0 Å². The Bertz CT molecular complexity index is 943. The third-order valence-corrected chi connectivity index (χ3v) is 5.78. The first kappa shape index (κ1) is 27.3. The summed E-state index contributed by atoms with van der Waals surface area (Å²) in [5.41, 5.74) is 2.21. The van der Waals surface area contributed by atoms with E-state index in [-0.39, 0.29) is 18.9 Å². The maximum atomic E-state index is 13.0. The number of allylic oxidation sites excluding steroid dienone is 1. The molecule has 0 aromatic heterocycles. The highest BCUT2D eigenvalue weighted by atomic mass is 16.5. The molecule has 2 aromatic rings. The first-order valence-electron chi connectivity index (χ1n) is 12.1. The number of fused-ring (bicyclic) bond motifs is 1. The zero-order valence-corrected chi connectivity index (χ0v) is 20.8. The number of nitrogens with zero attached hydrogens (tertiary/aromatic N) is 1. The second-order valence-corrected chi connectivity index (χ2v) is 8.96. The molecule has 0 heterocycles. The molecule has 7 nitrogen and oxygen atoms in total. The van der Waals surface area contributed by atoms with Crippen molar-refractivity contribution in [2.24, 2.45) is 0 Å². The number of benzene rings is 2. The number of hydrogen-bond acceptors (Lipinski definition) is 5. The van der Waals surface area contributed by atoms with Crippen LogP contribution < -0.4 is 15.5 Å². The molecule has 2 amide bonds. The summed E-state index contributed by atoms with van der Waals surface area (Å²) in [4.78, 5) is 26.5. The molecular weight excluding hydrogens is 430 g/mol. The second kappa shape index (κ2) is 14.4. The number of hydroxylamine groups is 1. The van der Waals surface area contributed by atoms with Gasteiger partial charge in [-0.05, 0) is 58.4 Å². The van der Waals surface area contributed by atoms with Gasteiger partial charge in [-0.25, -0.2) is 5.48 Å². The van der Waals surface area contributed by atoms with Gasteiger partial charge in [0, 0.05) is 37.0 Å². The fraction of sp³-hybridized carbons (Fsp3) is 0.481. The summed E-state index contributed by atoms with van der Waals surface area (Å²) in [5.74, 6) is 0.198. The molecule has 2 aromatic carbocycles. The molecule has 7 heteroatoms. The van der Waals surface area contributed by atoms with Gasteiger partial charge in [0.15, 0.2) is 0 Å². The van der Waals surface area contributed by atoms with Crippen molar-refractivity contribution in [2.45, 2.75) is 65.5 Å². The summed E-state index contributed by atoms with van der Waals surface area (Å²) in [6, 6.07) is 14.7. The Morgan fingerprint density at radius 2 is 1.74 bits per heavy atom. The van der Waals surface area contributed by atoms with Gasteiger partial charge in [-0.3, -0.25) is 19.7 Å². The molecule has 0 aliphatic rings. The van der Waals surface area contributed by atoms with Crippen LogP contribution in [-0.4, -0.2) is 53.7 Å². The van der Waals surface area contributed by atoms with Crippen molar-refractivity contribution in [3.63, 3.8) is 0 Å². The third-order valence-electron chi connectivity index (χ3n) is 5.78. The summed E-state index contributed by atoms with van der Waals surface area (Å²) >= 11 is 0. The van der Waals surface area contributed by atoms with E-state index in [0.29, 0.717) is 37.0 Å². The van der Waals surface area contributed by atoms with Gasteiger partial charge in [-0.2, -0.15) is 0 Å². The Balaban J connectivity index is 2.03. The summed E-state index contributed by atoms with van der Waals surface area (Å²) in [7, 11) is 0. The quantitative estimate of drug-likeness (QED) is 0.165. The third kappa shape index (κ3) is 8.80. The predicted molar refractivity (Wildman–Crippen MR) is 136 cm³/mol. The van der Waals surface area contributed by atoms with E-state index in [1.165, 1.54) is 0 Å². The van der Waals surface area contributed by atoms with Crippen molar-refractivity contribution in [1.82, 2.24) is 15.7 Å². The minimum absolute atomic E-state index is 0.138. The molecule has 0 atom stereocenters. The summed E-state index contributed by atoms with van der Waals surface area (Å²) in [6.45, 7) is 10.1. The molecule has 186 valence electrons. The Morgan fingerprint density at radius 3 is 2.44 bits per heavy atom. The van der Waals surface area contributed by atoms with Crippen molar-refractivity contribution in [2.75, 3.05) is 19.7 Å². The number of nitrogens with one attached hydrogen (secondary N) is 2. The van der Waals surface area contributed by atoms with Crippen LogP contribution in [-0.2, 0) is 9.59 Å². The lowest BCUT2D eigenvalue weighted by Crippen LogP contribution is -2.43. The highest BCUT2D eigenvalue weighted by Crippen LogP contribution is 2.25. The summed E-state index contributed by atoms with van der Waals surface area (Å²) in [6.07, 6.45) is 4.13. The fourth-order valence-corrected chi connectivity index (χ4v) is 3.98. The van der Waals surface area contributed by atoms with Gasteiger partial charge in [0.1, 0.15) is 12.4 Å². The lowest BCUT2D eigenvalue weighted by Gasteiger charge is -2.30. The van der Waals surface area contributed by atoms with Gasteiger partial charge in [-0.15, -0.1) is 0 Å².